The van der Waals surface area contributed by atoms with Crippen molar-refractivity contribution in [1.82, 2.24) is 10.2 Å². The zero-order chi connectivity index (χ0) is 21.5. The number of aliphatic hydroxyl groups excluding tert-OH is 1. The predicted molar refractivity (Wildman–Crippen MR) is 113 cm³/mol. The van der Waals surface area contributed by atoms with Crippen molar-refractivity contribution in [3.8, 4) is 0 Å². The molecule has 1 aliphatic rings. The first-order valence-corrected chi connectivity index (χ1v) is 10.2. The maximum atomic E-state index is 13.3. The van der Waals surface area contributed by atoms with E-state index in [0.29, 0.717) is 12.0 Å². The quantitative estimate of drug-likeness (QED) is 0.632. The number of carbonyl (C=O) groups is 3. The van der Waals surface area contributed by atoms with Gasteiger partial charge in [-0.25, -0.2) is 4.39 Å². The maximum absolute atomic E-state index is 13.3. The molecule has 0 saturated carbocycles. The molecular formula is C22H21FN2O4S. The highest BCUT2D eigenvalue weighted by Crippen LogP contribution is 2.32. The number of hydrogen-bond donors (Lipinski definition) is 2. The van der Waals surface area contributed by atoms with Gasteiger partial charge in [0.1, 0.15) is 5.82 Å². The van der Waals surface area contributed by atoms with E-state index >= 15 is 0 Å². The van der Waals surface area contributed by atoms with Crippen LogP contribution in [-0.2, 0) is 16.0 Å². The molecule has 8 heteroatoms. The van der Waals surface area contributed by atoms with Crippen LogP contribution in [0.1, 0.15) is 17.5 Å². The summed E-state index contributed by atoms with van der Waals surface area (Å²) in [6.07, 6.45) is 1.85. The molecule has 2 aromatic carbocycles. The van der Waals surface area contributed by atoms with Crippen LogP contribution >= 0.6 is 11.8 Å². The van der Waals surface area contributed by atoms with Crippen LogP contribution in [-0.4, -0.2) is 46.3 Å². The van der Waals surface area contributed by atoms with E-state index in [1.165, 1.54) is 24.3 Å². The van der Waals surface area contributed by atoms with Gasteiger partial charge in [-0.05, 0) is 47.5 Å². The molecule has 3 rings (SSSR count). The van der Waals surface area contributed by atoms with E-state index in [-0.39, 0.29) is 30.4 Å². The molecule has 2 N–H and O–H groups in total. The number of hydrogen-bond acceptors (Lipinski definition) is 5. The third-order valence-corrected chi connectivity index (χ3v) is 5.40. The molecule has 0 aliphatic carbocycles. The van der Waals surface area contributed by atoms with E-state index in [1.54, 1.807) is 6.07 Å². The molecule has 6 nitrogen and oxygen atoms in total. The van der Waals surface area contributed by atoms with Crippen molar-refractivity contribution in [3.05, 3.63) is 76.4 Å². The summed E-state index contributed by atoms with van der Waals surface area (Å²) >= 11 is 0.759. The van der Waals surface area contributed by atoms with Gasteiger partial charge in [0.15, 0.2) is 0 Å². The van der Waals surface area contributed by atoms with Crippen LogP contribution in [0.4, 0.5) is 9.18 Å². The summed E-state index contributed by atoms with van der Waals surface area (Å²) in [4.78, 5) is 38.1. The van der Waals surface area contributed by atoms with Gasteiger partial charge in [0.25, 0.3) is 11.1 Å². The third kappa shape index (κ3) is 5.77. The summed E-state index contributed by atoms with van der Waals surface area (Å²) in [5, 5.41) is 11.8. The molecule has 1 aliphatic heterocycles. The van der Waals surface area contributed by atoms with Crippen molar-refractivity contribution < 1.29 is 23.9 Å². The number of imide groups is 1. The number of benzene rings is 2. The molecule has 2 aromatic rings. The van der Waals surface area contributed by atoms with Gasteiger partial charge in [0.2, 0.25) is 5.91 Å². The summed E-state index contributed by atoms with van der Waals surface area (Å²) in [7, 11) is 0. The molecule has 1 atom stereocenters. The second-order valence-corrected chi connectivity index (χ2v) is 7.77. The normalized spacial score (nSPS) is 16.2. The standard InChI is InChI=1S/C22H21FN2O4S/c23-17-8-4-7-16(11-17)13-19-21(28)25(22(29)30-19)10-9-20(27)24-18(14-26)12-15-5-2-1-3-6-15/h1-8,11,13,18,26H,9-10,12,14H2,(H,24,27)/t18-/m1/s1. The molecule has 1 saturated heterocycles. The number of carbonyl (C=O) groups excluding carboxylic acids is 3. The lowest BCUT2D eigenvalue weighted by Gasteiger charge is -2.18. The number of amides is 3. The molecular weight excluding hydrogens is 407 g/mol. The van der Waals surface area contributed by atoms with E-state index in [9.17, 15) is 23.9 Å². The SMILES string of the molecule is O=C(CCN1C(=O)SC(=Cc2cccc(F)c2)C1=O)N[C@@H](CO)Cc1ccccc1. The molecule has 0 aromatic heterocycles. The number of halogens is 1. The summed E-state index contributed by atoms with van der Waals surface area (Å²) in [6, 6.07) is 14.7. The zero-order valence-corrected chi connectivity index (χ0v) is 16.9. The lowest BCUT2D eigenvalue weighted by atomic mass is 10.1. The first-order valence-electron chi connectivity index (χ1n) is 9.41. The molecule has 0 spiro atoms. The van der Waals surface area contributed by atoms with Crippen molar-refractivity contribution >= 4 is 34.9 Å². The first kappa shape index (κ1) is 21.7. The van der Waals surface area contributed by atoms with Crippen LogP contribution in [0.15, 0.2) is 59.5 Å². The van der Waals surface area contributed by atoms with Gasteiger partial charge in [0.05, 0.1) is 17.6 Å². The summed E-state index contributed by atoms with van der Waals surface area (Å²) < 4.78 is 13.3. The molecule has 0 bridgehead atoms. The first-order chi connectivity index (χ1) is 14.5. The van der Waals surface area contributed by atoms with Gasteiger partial charge in [-0.1, -0.05) is 42.5 Å². The second-order valence-electron chi connectivity index (χ2n) is 6.78. The summed E-state index contributed by atoms with van der Waals surface area (Å²) in [5.41, 5.74) is 1.45. The average Bonchev–Trinajstić information content (AvgIpc) is 2.99. The fraction of sp³-hybridized carbons (Fsp3) is 0.227. The third-order valence-electron chi connectivity index (χ3n) is 4.49. The lowest BCUT2D eigenvalue weighted by Crippen LogP contribution is -2.41. The van der Waals surface area contributed by atoms with Crippen molar-refractivity contribution in [3.63, 3.8) is 0 Å². The lowest BCUT2D eigenvalue weighted by molar-refractivity contribution is -0.124. The van der Waals surface area contributed by atoms with Crippen LogP contribution in [0.25, 0.3) is 6.08 Å². The average molecular weight is 428 g/mol. The molecule has 1 heterocycles. The van der Waals surface area contributed by atoms with Crippen LogP contribution in [0.2, 0.25) is 0 Å². The van der Waals surface area contributed by atoms with Crippen molar-refractivity contribution in [2.75, 3.05) is 13.2 Å². The Balaban J connectivity index is 1.55. The second kappa shape index (κ2) is 10.2. The van der Waals surface area contributed by atoms with E-state index in [1.807, 2.05) is 30.3 Å². The van der Waals surface area contributed by atoms with E-state index in [2.05, 4.69) is 5.32 Å². The molecule has 1 fully saturated rings. The minimum absolute atomic E-state index is 0.0690. The van der Waals surface area contributed by atoms with Gasteiger partial charge in [0, 0.05) is 13.0 Å². The molecule has 0 unspecified atom stereocenters. The van der Waals surface area contributed by atoms with Gasteiger partial charge in [-0.3, -0.25) is 19.3 Å². The Hall–Kier alpha value is -2.97. The number of nitrogens with one attached hydrogen (secondary N) is 1. The van der Waals surface area contributed by atoms with Gasteiger partial charge < -0.3 is 10.4 Å². The molecule has 3 amide bonds. The number of nitrogens with zero attached hydrogens (tertiary/aromatic N) is 1. The smallest absolute Gasteiger partial charge is 0.293 e. The van der Waals surface area contributed by atoms with Crippen LogP contribution in [0.5, 0.6) is 0 Å². The van der Waals surface area contributed by atoms with Gasteiger partial charge >= 0.3 is 0 Å². The highest BCUT2D eigenvalue weighted by atomic mass is 32.2. The van der Waals surface area contributed by atoms with Gasteiger partial charge in [-0.15, -0.1) is 0 Å². The highest BCUT2D eigenvalue weighted by molar-refractivity contribution is 8.18. The molecule has 30 heavy (non-hydrogen) atoms. The van der Waals surface area contributed by atoms with Crippen molar-refractivity contribution in [1.29, 1.82) is 0 Å². The van der Waals surface area contributed by atoms with Crippen LogP contribution in [0, 0.1) is 5.82 Å². The van der Waals surface area contributed by atoms with E-state index in [0.717, 1.165) is 22.2 Å². The fourth-order valence-corrected chi connectivity index (χ4v) is 3.88. The monoisotopic (exact) mass is 428 g/mol. The maximum Gasteiger partial charge on any atom is 0.293 e. The van der Waals surface area contributed by atoms with Crippen molar-refractivity contribution in [2.45, 2.75) is 18.9 Å². The van der Waals surface area contributed by atoms with E-state index < -0.39 is 23.0 Å². The Morgan fingerprint density at radius 3 is 2.63 bits per heavy atom. The Bertz CT molecular complexity index is 965. The molecule has 156 valence electrons. The highest BCUT2D eigenvalue weighted by Gasteiger charge is 2.35. The topological polar surface area (TPSA) is 86.7 Å². The Morgan fingerprint density at radius 1 is 1.17 bits per heavy atom. The Kier molecular flexibility index (Phi) is 7.37. The number of aliphatic hydroxyl groups is 1. The molecule has 0 radical (unpaired) electrons. The van der Waals surface area contributed by atoms with Crippen LogP contribution in [0.3, 0.4) is 0 Å². The van der Waals surface area contributed by atoms with Crippen LogP contribution < -0.4 is 5.32 Å². The largest absolute Gasteiger partial charge is 0.394 e. The Morgan fingerprint density at radius 2 is 1.93 bits per heavy atom. The zero-order valence-electron chi connectivity index (χ0n) is 16.1. The van der Waals surface area contributed by atoms with Crippen molar-refractivity contribution in [2.24, 2.45) is 0 Å². The minimum atomic E-state index is -0.509. The van der Waals surface area contributed by atoms with E-state index in [4.69, 9.17) is 0 Å². The van der Waals surface area contributed by atoms with Gasteiger partial charge in [-0.2, -0.15) is 0 Å². The number of thioether (sulfide) groups is 1. The predicted octanol–water partition coefficient (Wildman–Crippen LogP) is 2.97. The summed E-state index contributed by atoms with van der Waals surface area (Å²) in [6.45, 7) is -0.293. The fourth-order valence-electron chi connectivity index (χ4n) is 3.01. The summed E-state index contributed by atoms with van der Waals surface area (Å²) in [5.74, 6) is -1.31. The minimum Gasteiger partial charge on any atom is -0.394 e. The Labute approximate surface area is 177 Å². The number of rotatable bonds is 8.